The van der Waals surface area contributed by atoms with Crippen LogP contribution < -0.4 is 5.73 Å². The predicted molar refractivity (Wildman–Crippen MR) is 80.5 cm³/mol. The molecule has 0 radical (unpaired) electrons. The highest BCUT2D eigenvalue weighted by Crippen LogP contribution is 2.14. The molecule has 0 amide bonds. The maximum atomic E-state index is 11.5. The Morgan fingerprint density at radius 3 is 2.58 bits per heavy atom. The van der Waals surface area contributed by atoms with Crippen LogP contribution in [0.25, 0.3) is 0 Å². The van der Waals surface area contributed by atoms with Crippen molar-refractivity contribution in [3.05, 3.63) is 12.7 Å². The highest BCUT2D eigenvalue weighted by atomic mass is 35.5. The number of carbonyl (C=O) groups is 1. The van der Waals surface area contributed by atoms with E-state index in [1.165, 1.54) is 0 Å². The molecular formula is C14H28ClNO3. The minimum absolute atomic E-state index is 0. The number of ether oxygens (including phenoxy) is 2. The predicted octanol–water partition coefficient (Wildman–Crippen LogP) is 2.56. The van der Waals surface area contributed by atoms with Crippen molar-refractivity contribution in [1.29, 1.82) is 0 Å². The van der Waals surface area contributed by atoms with E-state index in [0.29, 0.717) is 38.7 Å². The van der Waals surface area contributed by atoms with Gasteiger partial charge in [0.05, 0.1) is 19.8 Å². The monoisotopic (exact) mass is 293 g/mol. The molecule has 0 rings (SSSR count). The fourth-order valence-corrected chi connectivity index (χ4v) is 1.74. The fourth-order valence-electron chi connectivity index (χ4n) is 1.74. The molecule has 0 heterocycles. The van der Waals surface area contributed by atoms with Crippen molar-refractivity contribution >= 4 is 18.4 Å². The van der Waals surface area contributed by atoms with Gasteiger partial charge in [-0.3, -0.25) is 4.79 Å². The van der Waals surface area contributed by atoms with E-state index >= 15 is 0 Å². The van der Waals surface area contributed by atoms with E-state index in [9.17, 15) is 4.79 Å². The topological polar surface area (TPSA) is 61.5 Å². The number of halogens is 1. The van der Waals surface area contributed by atoms with Gasteiger partial charge in [-0.1, -0.05) is 19.9 Å². The van der Waals surface area contributed by atoms with Crippen LogP contribution in [-0.2, 0) is 14.3 Å². The number of hydrogen-bond donors (Lipinski definition) is 1. The zero-order valence-corrected chi connectivity index (χ0v) is 12.9. The van der Waals surface area contributed by atoms with Crippen molar-refractivity contribution in [2.45, 2.75) is 33.1 Å². The molecule has 0 saturated carbocycles. The molecule has 2 N–H and O–H groups in total. The maximum absolute atomic E-state index is 11.5. The van der Waals surface area contributed by atoms with Gasteiger partial charge < -0.3 is 15.2 Å². The molecule has 114 valence electrons. The smallest absolute Gasteiger partial charge is 0.306 e. The summed E-state index contributed by atoms with van der Waals surface area (Å²) in [4.78, 5) is 11.5. The molecule has 0 unspecified atom stereocenters. The van der Waals surface area contributed by atoms with Gasteiger partial charge >= 0.3 is 5.97 Å². The van der Waals surface area contributed by atoms with E-state index in [0.717, 1.165) is 12.8 Å². The summed E-state index contributed by atoms with van der Waals surface area (Å²) in [5.41, 5.74) is 5.64. The summed E-state index contributed by atoms with van der Waals surface area (Å²) >= 11 is 0. The lowest BCUT2D eigenvalue weighted by molar-refractivity contribution is -0.145. The fraction of sp³-hybridized carbons (Fsp3) is 0.786. The minimum Gasteiger partial charge on any atom is -0.466 e. The van der Waals surface area contributed by atoms with Crippen LogP contribution in [0.1, 0.15) is 33.1 Å². The Kier molecular flexibility index (Phi) is 15.1. The lowest BCUT2D eigenvalue weighted by Crippen LogP contribution is -2.21. The normalized spacial score (nSPS) is 11.8. The third-order valence-electron chi connectivity index (χ3n) is 2.53. The quantitative estimate of drug-likeness (QED) is 0.361. The molecular weight excluding hydrogens is 266 g/mol. The SMILES string of the molecule is C=CCOCCCOC(=O)C[C@@H](CN)CC(C)C.Cl. The zero-order chi connectivity index (χ0) is 13.8. The summed E-state index contributed by atoms with van der Waals surface area (Å²) in [6.45, 7) is 9.89. The Morgan fingerprint density at radius 2 is 2.05 bits per heavy atom. The number of rotatable bonds is 11. The molecule has 0 saturated heterocycles. The number of esters is 1. The average molecular weight is 294 g/mol. The van der Waals surface area contributed by atoms with Crippen molar-refractivity contribution < 1.29 is 14.3 Å². The lowest BCUT2D eigenvalue weighted by atomic mass is 9.94. The summed E-state index contributed by atoms with van der Waals surface area (Å²) in [5, 5.41) is 0. The molecule has 0 bridgehead atoms. The van der Waals surface area contributed by atoms with E-state index in [1.807, 2.05) is 0 Å². The van der Waals surface area contributed by atoms with Crippen LogP contribution in [0, 0.1) is 11.8 Å². The van der Waals surface area contributed by atoms with Crippen LogP contribution in [0.5, 0.6) is 0 Å². The third-order valence-corrected chi connectivity index (χ3v) is 2.53. The second kappa shape index (κ2) is 13.8. The van der Waals surface area contributed by atoms with Gasteiger partial charge in [0.25, 0.3) is 0 Å². The van der Waals surface area contributed by atoms with Crippen LogP contribution in [0.3, 0.4) is 0 Å². The van der Waals surface area contributed by atoms with Gasteiger partial charge in [0.15, 0.2) is 0 Å². The second-order valence-corrected chi connectivity index (χ2v) is 4.87. The van der Waals surface area contributed by atoms with Gasteiger partial charge in [0, 0.05) is 12.8 Å². The Hall–Kier alpha value is -0.580. The summed E-state index contributed by atoms with van der Waals surface area (Å²) in [7, 11) is 0. The highest BCUT2D eigenvalue weighted by molar-refractivity contribution is 5.85. The molecule has 0 aromatic carbocycles. The second-order valence-electron chi connectivity index (χ2n) is 4.87. The summed E-state index contributed by atoms with van der Waals surface area (Å²) in [6.07, 6.45) is 3.80. The van der Waals surface area contributed by atoms with Crippen LogP contribution in [0.15, 0.2) is 12.7 Å². The van der Waals surface area contributed by atoms with Crippen LogP contribution >= 0.6 is 12.4 Å². The molecule has 19 heavy (non-hydrogen) atoms. The molecule has 0 aliphatic carbocycles. The standard InChI is InChI=1S/C14H27NO3.ClH/c1-4-6-17-7-5-8-18-14(16)10-13(11-15)9-12(2)3;/h4,12-13H,1,5-11,15H2,2-3H3;1H/t13-;/m0./s1. The minimum atomic E-state index is -0.158. The van der Waals surface area contributed by atoms with E-state index in [4.69, 9.17) is 15.2 Å². The first-order valence-corrected chi connectivity index (χ1v) is 6.64. The molecule has 0 aromatic rings. The van der Waals surface area contributed by atoms with E-state index in [1.54, 1.807) is 6.08 Å². The molecule has 0 fully saturated rings. The van der Waals surface area contributed by atoms with Crippen molar-refractivity contribution in [2.24, 2.45) is 17.6 Å². The summed E-state index contributed by atoms with van der Waals surface area (Å²) < 4.78 is 10.3. The summed E-state index contributed by atoms with van der Waals surface area (Å²) in [5.74, 6) is 0.628. The highest BCUT2D eigenvalue weighted by Gasteiger charge is 2.14. The molecule has 4 nitrogen and oxygen atoms in total. The van der Waals surface area contributed by atoms with Gasteiger partial charge in [-0.05, 0) is 24.8 Å². The molecule has 0 spiro atoms. The number of nitrogens with two attached hydrogens (primary N) is 1. The molecule has 5 heteroatoms. The Balaban J connectivity index is 0. The van der Waals surface area contributed by atoms with Gasteiger partial charge in [-0.15, -0.1) is 19.0 Å². The first-order valence-electron chi connectivity index (χ1n) is 6.64. The van der Waals surface area contributed by atoms with Crippen molar-refractivity contribution in [2.75, 3.05) is 26.4 Å². The largest absolute Gasteiger partial charge is 0.466 e. The van der Waals surface area contributed by atoms with Gasteiger partial charge in [-0.2, -0.15) is 0 Å². The van der Waals surface area contributed by atoms with Crippen molar-refractivity contribution in [3.63, 3.8) is 0 Å². The van der Waals surface area contributed by atoms with E-state index in [2.05, 4.69) is 20.4 Å². The Bertz CT molecular complexity index is 235. The molecule has 0 aliphatic rings. The van der Waals surface area contributed by atoms with Crippen LogP contribution in [0.4, 0.5) is 0 Å². The van der Waals surface area contributed by atoms with Crippen molar-refractivity contribution in [1.82, 2.24) is 0 Å². The summed E-state index contributed by atoms with van der Waals surface area (Å²) in [6, 6.07) is 0. The Labute approximate surface area is 123 Å². The van der Waals surface area contributed by atoms with E-state index < -0.39 is 0 Å². The lowest BCUT2D eigenvalue weighted by Gasteiger charge is -2.16. The average Bonchev–Trinajstić information content (AvgIpc) is 2.32. The molecule has 0 aromatic heterocycles. The zero-order valence-electron chi connectivity index (χ0n) is 12.1. The van der Waals surface area contributed by atoms with E-state index in [-0.39, 0.29) is 24.3 Å². The Morgan fingerprint density at radius 1 is 1.37 bits per heavy atom. The van der Waals surface area contributed by atoms with Crippen molar-refractivity contribution in [3.8, 4) is 0 Å². The number of carbonyl (C=O) groups excluding carboxylic acids is 1. The maximum Gasteiger partial charge on any atom is 0.306 e. The van der Waals surface area contributed by atoms with Crippen LogP contribution in [-0.4, -0.2) is 32.3 Å². The third kappa shape index (κ3) is 13.6. The number of hydrogen-bond acceptors (Lipinski definition) is 4. The molecule has 1 atom stereocenters. The van der Waals surface area contributed by atoms with Gasteiger partial charge in [0.1, 0.15) is 0 Å². The first-order chi connectivity index (χ1) is 8.60. The van der Waals surface area contributed by atoms with Gasteiger partial charge in [-0.25, -0.2) is 0 Å². The molecule has 0 aliphatic heterocycles. The first kappa shape index (κ1) is 20.7. The van der Waals surface area contributed by atoms with Crippen LogP contribution in [0.2, 0.25) is 0 Å². The van der Waals surface area contributed by atoms with Gasteiger partial charge in [0.2, 0.25) is 0 Å².